The second kappa shape index (κ2) is 7.29. The maximum Gasteiger partial charge on any atom is 0.121 e. The van der Waals surface area contributed by atoms with Gasteiger partial charge in [-0.05, 0) is 25.1 Å². The van der Waals surface area contributed by atoms with E-state index >= 15 is 0 Å². The molecule has 0 radical (unpaired) electrons. The average molecular weight is 275 g/mol. The van der Waals surface area contributed by atoms with E-state index in [-0.39, 0.29) is 6.04 Å². The number of furan rings is 1. The van der Waals surface area contributed by atoms with Crippen molar-refractivity contribution in [2.45, 2.75) is 52.6 Å². The molecule has 0 aromatic carbocycles. The number of likely N-dealkylation sites (N-methyl/N-ethyl adjacent to an activating group) is 1. The zero-order chi connectivity index (χ0) is 14.4. The number of hydrogen-bond acceptors (Lipinski definition) is 3. The smallest absolute Gasteiger partial charge is 0.121 e. The lowest BCUT2D eigenvalue weighted by molar-refractivity contribution is 0.389. The van der Waals surface area contributed by atoms with Gasteiger partial charge in [-0.3, -0.25) is 0 Å². The largest absolute Gasteiger partial charge is 0.464 e. The first-order valence-corrected chi connectivity index (χ1v) is 7.60. The third-order valence-electron chi connectivity index (χ3n) is 3.48. The topological polar surface area (TPSA) is 43.0 Å². The first-order valence-electron chi connectivity index (χ1n) is 7.60. The first-order chi connectivity index (χ1) is 9.78. The van der Waals surface area contributed by atoms with Crippen LogP contribution in [-0.4, -0.2) is 16.1 Å². The summed E-state index contributed by atoms with van der Waals surface area (Å²) >= 11 is 0. The van der Waals surface area contributed by atoms with Crippen LogP contribution < -0.4 is 5.32 Å². The van der Waals surface area contributed by atoms with Crippen LogP contribution in [0.4, 0.5) is 0 Å². The van der Waals surface area contributed by atoms with E-state index in [0.717, 1.165) is 49.7 Å². The summed E-state index contributed by atoms with van der Waals surface area (Å²) in [7, 11) is 0. The number of aromatic nitrogens is 2. The van der Waals surface area contributed by atoms with Crippen LogP contribution in [0.25, 0.3) is 0 Å². The van der Waals surface area contributed by atoms with Gasteiger partial charge in [0.1, 0.15) is 17.3 Å². The monoisotopic (exact) mass is 275 g/mol. The van der Waals surface area contributed by atoms with Crippen LogP contribution in [-0.2, 0) is 19.4 Å². The third kappa shape index (κ3) is 3.51. The Kier molecular flexibility index (Phi) is 5.41. The van der Waals surface area contributed by atoms with Crippen molar-refractivity contribution in [3.8, 4) is 0 Å². The highest BCUT2D eigenvalue weighted by molar-refractivity contribution is 5.13. The Morgan fingerprint density at radius 2 is 2.15 bits per heavy atom. The fourth-order valence-corrected chi connectivity index (χ4v) is 2.45. The molecule has 0 aliphatic rings. The first kappa shape index (κ1) is 14.9. The van der Waals surface area contributed by atoms with Crippen molar-refractivity contribution < 1.29 is 4.42 Å². The van der Waals surface area contributed by atoms with Gasteiger partial charge in [-0.2, -0.15) is 0 Å². The highest BCUT2D eigenvalue weighted by Gasteiger charge is 2.17. The Hall–Kier alpha value is -1.55. The van der Waals surface area contributed by atoms with E-state index in [1.807, 2.05) is 6.20 Å². The Balaban J connectivity index is 2.14. The molecule has 110 valence electrons. The van der Waals surface area contributed by atoms with E-state index in [2.05, 4.69) is 54.0 Å². The Morgan fingerprint density at radius 1 is 1.30 bits per heavy atom. The SMILES string of the molecule is CCCn1ccnc1CC(NCC)c1ccc(CC)o1. The van der Waals surface area contributed by atoms with Gasteiger partial charge in [0, 0.05) is 31.8 Å². The van der Waals surface area contributed by atoms with E-state index in [4.69, 9.17) is 4.42 Å². The van der Waals surface area contributed by atoms with Crippen LogP contribution in [0.15, 0.2) is 28.9 Å². The molecule has 0 bridgehead atoms. The van der Waals surface area contributed by atoms with Crippen LogP contribution in [0.5, 0.6) is 0 Å². The van der Waals surface area contributed by atoms with Crippen molar-refractivity contribution in [3.63, 3.8) is 0 Å². The van der Waals surface area contributed by atoms with Crippen LogP contribution in [0.2, 0.25) is 0 Å². The molecule has 0 aliphatic heterocycles. The fourth-order valence-electron chi connectivity index (χ4n) is 2.45. The number of aryl methyl sites for hydroxylation is 2. The van der Waals surface area contributed by atoms with Gasteiger partial charge in [0.2, 0.25) is 0 Å². The zero-order valence-corrected chi connectivity index (χ0v) is 12.7. The minimum atomic E-state index is 0.193. The number of hydrogen-bond donors (Lipinski definition) is 1. The van der Waals surface area contributed by atoms with Crippen molar-refractivity contribution in [1.82, 2.24) is 14.9 Å². The number of imidazole rings is 1. The molecule has 2 rings (SSSR count). The second-order valence-corrected chi connectivity index (χ2v) is 5.01. The van der Waals surface area contributed by atoms with Gasteiger partial charge in [0.25, 0.3) is 0 Å². The van der Waals surface area contributed by atoms with Gasteiger partial charge in [-0.15, -0.1) is 0 Å². The van der Waals surface area contributed by atoms with E-state index in [0.29, 0.717) is 0 Å². The standard InChI is InChI=1S/C16H25N3O/c1-4-10-19-11-9-18-16(19)12-14(17-6-3)15-8-7-13(5-2)20-15/h7-9,11,14,17H,4-6,10,12H2,1-3H3. The summed E-state index contributed by atoms with van der Waals surface area (Å²) in [5.74, 6) is 3.17. The van der Waals surface area contributed by atoms with Crippen LogP contribution in [0.1, 0.15) is 50.6 Å². The summed E-state index contributed by atoms with van der Waals surface area (Å²) in [6.45, 7) is 8.35. The molecule has 4 heteroatoms. The molecular weight excluding hydrogens is 250 g/mol. The predicted octanol–water partition coefficient (Wildman–Crippen LogP) is 3.34. The summed E-state index contributed by atoms with van der Waals surface area (Å²) in [6, 6.07) is 4.34. The number of nitrogens with one attached hydrogen (secondary N) is 1. The summed E-state index contributed by atoms with van der Waals surface area (Å²) in [6.07, 6.45) is 6.85. The van der Waals surface area contributed by atoms with Gasteiger partial charge in [0.05, 0.1) is 6.04 Å². The summed E-state index contributed by atoms with van der Waals surface area (Å²) in [5, 5.41) is 3.50. The van der Waals surface area contributed by atoms with Gasteiger partial charge >= 0.3 is 0 Å². The van der Waals surface area contributed by atoms with Crippen LogP contribution >= 0.6 is 0 Å². The number of nitrogens with zero attached hydrogens (tertiary/aromatic N) is 2. The maximum atomic E-state index is 5.90. The normalized spacial score (nSPS) is 12.8. The zero-order valence-electron chi connectivity index (χ0n) is 12.7. The van der Waals surface area contributed by atoms with Gasteiger partial charge in [-0.25, -0.2) is 4.98 Å². The highest BCUT2D eigenvalue weighted by Crippen LogP contribution is 2.21. The van der Waals surface area contributed by atoms with Crippen molar-refractivity contribution >= 4 is 0 Å². The Morgan fingerprint density at radius 3 is 2.80 bits per heavy atom. The minimum Gasteiger partial charge on any atom is -0.464 e. The predicted molar refractivity (Wildman–Crippen MR) is 80.7 cm³/mol. The van der Waals surface area contributed by atoms with Crippen molar-refractivity contribution in [1.29, 1.82) is 0 Å². The van der Waals surface area contributed by atoms with Crippen molar-refractivity contribution in [2.24, 2.45) is 0 Å². The lowest BCUT2D eigenvalue weighted by atomic mass is 10.1. The van der Waals surface area contributed by atoms with Gasteiger partial charge < -0.3 is 14.3 Å². The molecule has 2 aromatic rings. The molecule has 0 aliphatic carbocycles. The Bertz CT molecular complexity index is 515. The summed E-state index contributed by atoms with van der Waals surface area (Å²) in [4.78, 5) is 4.49. The molecule has 2 aromatic heterocycles. The molecule has 0 spiro atoms. The average Bonchev–Trinajstić information content (AvgIpc) is 3.08. The minimum absolute atomic E-state index is 0.193. The molecule has 0 fully saturated rings. The molecule has 0 amide bonds. The molecule has 1 atom stereocenters. The quantitative estimate of drug-likeness (QED) is 0.803. The Labute approximate surface area is 121 Å². The van der Waals surface area contributed by atoms with Gasteiger partial charge in [0.15, 0.2) is 0 Å². The number of rotatable bonds is 8. The summed E-state index contributed by atoms with van der Waals surface area (Å²) < 4.78 is 8.13. The van der Waals surface area contributed by atoms with E-state index in [9.17, 15) is 0 Å². The van der Waals surface area contributed by atoms with Crippen molar-refractivity contribution in [2.75, 3.05) is 6.54 Å². The molecule has 1 N–H and O–H groups in total. The second-order valence-electron chi connectivity index (χ2n) is 5.01. The molecule has 1 unspecified atom stereocenters. The molecule has 0 saturated heterocycles. The summed E-state index contributed by atoms with van der Waals surface area (Å²) in [5.41, 5.74) is 0. The molecule has 20 heavy (non-hydrogen) atoms. The lowest BCUT2D eigenvalue weighted by Crippen LogP contribution is -2.24. The maximum absolute atomic E-state index is 5.90. The third-order valence-corrected chi connectivity index (χ3v) is 3.48. The van der Waals surface area contributed by atoms with Crippen LogP contribution in [0, 0.1) is 0 Å². The highest BCUT2D eigenvalue weighted by atomic mass is 16.3. The molecule has 0 saturated carbocycles. The lowest BCUT2D eigenvalue weighted by Gasteiger charge is -2.16. The van der Waals surface area contributed by atoms with E-state index in [1.54, 1.807) is 0 Å². The molecule has 2 heterocycles. The fraction of sp³-hybridized carbons (Fsp3) is 0.562. The van der Waals surface area contributed by atoms with Crippen LogP contribution in [0.3, 0.4) is 0 Å². The molecular formula is C16H25N3O. The van der Waals surface area contributed by atoms with E-state index in [1.165, 1.54) is 0 Å². The molecule has 4 nitrogen and oxygen atoms in total. The van der Waals surface area contributed by atoms with Gasteiger partial charge in [-0.1, -0.05) is 20.8 Å². The van der Waals surface area contributed by atoms with Crippen molar-refractivity contribution in [3.05, 3.63) is 41.9 Å². The van der Waals surface area contributed by atoms with E-state index < -0.39 is 0 Å².